The highest BCUT2D eigenvalue weighted by atomic mass is 16.5. The molecule has 1 amide bonds. The summed E-state index contributed by atoms with van der Waals surface area (Å²) in [6, 6.07) is 1.12. The highest BCUT2D eigenvalue weighted by Gasteiger charge is 2.13. The van der Waals surface area contributed by atoms with E-state index >= 15 is 0 Å². The third-order valence-electron chi connectivity index (χ3n) is 2.00. The number of nitrogens with one attached hydrogen (secondary N) is 1. The van der Waals surface area contributed by atoms with Gasteiger partial charge in [0.15, 0.2) is 0 Å². The van der Waals surface area contributed by atoms with Gasteiger partial charge in [-0.15, -0.1) is 0 Å². The Morgan fingerprint density at radius 2 is 2.25 bits per heavy atom. The van der Waals surface area contributed by atoms with Crippen molar-refractivity contribution in [2.45, 2.75) is 18.9 Å². The number of ether oxygens (including phenoxy) is 1. The molecule has 1 rings (SSSR count). The van der Waals surface area contributed by atoms with Crippen LogP contribution in [0.1, 0.15) is 12.8 Å². The molecule has 0 aliphatic carbocycles. The van der Waals surface area contributed by atoms with Gasteiger partial charge in [0.1, 0.15) is 0 Å². The Morgan fingerprint density at radius 1 is 1.56 bits per heavy atom. The van der Waals surface area contributed by atoms with Crippen LogP contribution in [0.25, 0.3) is 0 Å². The molecule has 1 atom stereocenters. The van der Waals surface area contributed by atoms with Crippen LogP contribution in [0.15, 0.2) is 18.5 Å². The van der Waals surface area contributed by atoms with E-state index in [4.69, 9.17) is 10.5 Å². The largest absolute Gasteiger partial charge is 0.385 e. The van der Waals surface area contributed by atoms with Gasteiger partial charge >= 0.3 is 0 Å². The van der Waals surface area contributed by atoms with Gasteiger partial charge in [0, 0.05) is 26.1 Å². The van der Waals surface area contributed by atoms with Crippen molar-refractivity contribution >= 4 is 11.9 Å². The molecule has 6 nitrogen and oxygen atoms in total. The molecule has 1 unspecified atom stereocenters. The zero-order chi connectivity index (χ0) is 11.8. The van der Waals surface area contributed by atoms with E-state index in [1.165, 1.54) is 0 Å². The number of methoxy groups -OCH3 is 1. The number of hydrogen-bond acceptors (Lipinski definition) is 5. The van der Waals surface area contributed by atoms with E-state index in [1.807, 2.05) is 0 Å². The van der Waals surface area contributed by atoms with Gasteiger partial charge in [-0.3, -0.25) is 10.1 Å². The number of amides is 1. The fourth-order valence-electron chi connectivity index (χ4n) is 1.15. The molecule has 0 spiro atoms. The molecule has 88 valence electrons. The van der Waals surface area contributed by atoms with Gasteiger partial charge < -0.3 is 10.5 Å². The first kappa shape index (κ1) is 12.5. The number of nitrogens with zero attached hydrogens (tertiary/aromatic N) is 2. The van der Waals surface area contributed by atoms with E-state index < -0.39 is 6.04 Å². The van der Waals surface area contributed by atoms with Gasteiger partial charge in [-0.2, -0.15) is 0 Å². The molecule has 0 fully saturated rings. The van der Waals surface area contributed by atoms with E-state index in [-0.39, 0.29) is 11.9 Å². The second-order valence-electron chi connectivity index (χ2n) is 3.30. The number of carbonyl (C=O) groups excluding carboxylic acids is 1. The van der Waals surface area contributed by atoms with Crippen molar-refractivity contribution in [3.63, 3.8) is 0 Å². The Labute approximate surface area is 94.2 Å². The predicted molar refractivity (Wildman–Crippen MR) is 59.7 cm³/mol. The molecule has 0 aliphatic heterocycles. The monoisotopic (exact) mass is 224 g/mol. The molecule has 0 aromatic carbocycles. The Hall–Kier alpha value is -1.53. The molecule has 1 heterocycles. The number of carbonyl (C=O) groups is 1. The van der Waals surface area contributed by atoms with E-state index in [0.717, 1.165) is 6.42 Å². The summed E-state index contributed by atoms with van der Waals surface area (Å²) in [5.41, 5.74) is 5.68. The Kier molecular flexibility index (Phi) is 5.38. The Balaban J connectivity index is 2.34. The van der Waals surface area contributed by atoms with Crippen LogP contribution < -0.4 is 11.1 Å². The molecule has 0 saturated carbocycles. The van der Waals surface area contributed by atoms with Gasteiger partial charge in [0.25, 0.3) is 0 Å². The van der Waals surface area contributed by atoms with Crippen molar-refractivity contribution in [3.05, 3.63) is 18.5 Å². The zero-order valence-electron chi connectivity index (χ0n) is 9.22. The summed E-state index contributed by atoms with van der Waals surface area (Å²) in [6.45, 7) is 0.600. The lowest BCUT2D eigenvalue weighted by atomic mass is 10.1. The van der Waals surface area contributed by atoms with Crippen molar-refractivity contribution in [1.29, 1.82) is 0 Å². The molecule has 0 saturated heterocycles. The standard InChI is InChI=1S/C10H16N4O2/c1-16-7-2-4-8(11)9(15)14-10-12-5-3-6-13-10/h3,5-6,8H,2,4,7,11H2,1H3,(H,12,13,14,15). The summed E-state index contributed by atoms with van der Waals surface area (Å²) in [5.74, 6) is -0.00278. The van der Waals surface area contributed by atoms with E-state index in [2.05, 4.69) is 15.3 Å². The lowest BCUT2D eigenvalue weighted by Crippen LogP contribution is -2.36. The van der Waals surface area contributed by atoms with E-state index in [1.54, 1.807) is 25.6 Å². The van der Waals surface area contributed by atoms with Crippen molar-refractivity contribution in [2.24, 2.45) is 5.73 Å². The van der Waals surface area contributed by atoms with Gasteiger partial charge in [-0.1, -0.05) is 0 Å². The molecule has 0 radical (unpaired) electrons. The molecular weight excluding hydrogens is 208 g/mol. The summed E-state index contributed by atoms with van der Waals surface area (Å²) >= 11 is 0. The fraction of sp³-hybridized carbons (Fsp3) is 0.500. The van der Waals surface area contributed by atoms with Gasteiger partial charge in [-0.25, -0.2) is 9.97 Å². The second-order valence-corrected chi connectivity index (χ2v) is 3.30. The predicted octanol–water partition coefficient (Wildman–Crippen LogP) is 0.169. The van der Waals surface area contributed by atoms with Crippen LogP contribution >= 0.6 is 0 Å². The normalized spacial score (nSPS) is 12.1. The van der Waals surface area contributed by atoms with Crippen molar-refractivity contribution in [2.75, 3.05) is 19.0 Å². The first-order chi connectivity index (χ1) is 7.74. The van der Waals surface area contributed by atoms with Crippen LogP contribution in [-0.4, -0.2) is 35.6 Å². The van der Waals surface area contributed by atoms with Crippen LogP contribution in [0.4, 0.5) is 5.95 Å². The average Bonchev–Trinajstić information content (AvgIpc) is 2.30. The quantitative estimate of drug-likeness (QED) is 0.672. The summed E-state index contributed by atoms with van der Waals surface area (Å²) < 4.78 is 4.88. The van der Waals surface area contributed by atoms with Crippen molar-refractivity contribution < 1.29 is 9.53 Å². The first-order valence-electron chi connectivity index (χ1n) is 5.06. The Morgan fingerprint density at radius 3 is 2.88 bits per heavy atom. The van der Waals surface area contributed by atoms with Gasteiger partial charge in [0.05, 0.1) is 6.04 Å². The molecular formula is C10H16N4O2. The maximum Gasteiger partial charge on any atom is 0.243 e. The van der Waals surface area contributed by atoms with Crippen LogP contribution in [-0.2, 0) is 9.53 Å². The zero-order valence-corrected chi connectivity index (χ0v) is 9.22. The number of rotatable bonds is 6. The highest BCUT2D eigenvalue weighted by molar-refractivity contribution is 5.93. The minimum atomic E-state index is -0.557. The lowest BCUT2D eigenvalue weighted by Gasteiger charge is -2.10. The molecule has 0 bridgehead atoms. The van der Waals surface area contributed by atoms with Gasteiger partial charge in [0.2, 0.25) is 11.9 Å². The second kappa shape index (κ2) is 6.86. The van der Waals surface area contributed by atoms with Crippen molar-refractivity contribution in [3.8, 4) is 0 Å². The SMILES string of the molecule is COCCCC(N)C(=O)Nc1ncccn1. The Bertz CT molecular complexity index is 318. The highest BCUT2D eigenvalue weighted by Crippen LogP contribution is 1.99. The minimum absolute atomic E-state index is 0.273. The van der Waals surface area contributed by atoms with Gasteiger partial charge in [-0.05, 0) is 18.9 Å². The van der Waals surface area contributed by atoms with Crippen LogP contribution in [0.3, 0.4) is 0 Å². The minimum Gasteiger partial charge on any atom is -0.385 e. The number of aromatic nitrogens is 2. The van der Waals surface area contributed by atoms with E-state index in [9.17, 15) is 4.79 Å². The summed E-state index contributed by atoms with van der Waals surface area (Å²) in [5, 5.41) is 2.54. The summed E-state index contributed by atoms with van der Waals surface area (Å²) in [4.78, 5) is 19.3. The number of nitrogens with two attached hydrogens (primary N) is 1. The molecule has 3 N–H and O–H groups in total. The number of anilines is 1. The van der Waals surface area contributed by atoms with E-state index in [0.29, 0.717) is 13.0 Å². The molecule has 1 aromatic rings. The maximum atomic E-state index is 11.5. The average molecular weight is 224 g/mol. The molecule has 6 heteroatoms. The summed E-state index contributed by atoms with van der Waals surface area (Å²) in [7, 11) is 1.61. The smallest absolute Gasteiger partial charge is 0.243 e. The third-order valence-corrected chi connectivity index (χ3v) is 2.00. The number of hydrogen-bond donors (Lipinski definition) is 2. The molecule has 1 aromatic heterocycles. The maximum absolute atomic E-state index is 11.5. The lowest BCUT2D eigenvalue weighted by molar-refractivity contribution is -0.117. The first-order valence-corrected chi connectivity index (χ1v) is 5.06. The van der Waals surface area contributed by atoms with Crippen molar-refractivity contribution in [1.82, 2.24) is 9.97 Å². The molecule has 16 heavy (non-hydrogen) atoms. The molecule has 0 aliphatic rings. The van der Waals surface area contributed by atoms with Crippen LogP contribution in [0.2, 0.25) is 0 Å². The van der Waals surface area contributed by atoms with Crippen LogP contribution in [0, 0.1) is 0 Å². The topological polar surface area (TPSA) is 90.1 Å². The fourth-order valence-corrected chi connectivity index (χ4v) is 1.15. The summed E-state index contributed by atoms with van der Waals surface area (Å²) in [6.07, 6.45) is 4.44. The third kappa shape index (κ3) is 4.33. The van der Waals surface area contributed by atoms with Crippen LogP contribution in [0.5, 0.6) is 0 Å².